The van der Waals surface area contributed by atoms with Crippen LogP contribution in [0.5, 0.6) is 0 Å². The second kappa shape index (κ2) is 7.50. The van der Waals surface area contributed by atoms with Crippen LogP contribution >= 0.6 is 0 Å². The molecule has 2 heterocycles. The summed E-state index contributed by atoms with van der Waals surface area (Å²) < 4.78 is 7.91. The van der Waals surface area contributed by atoms with E-state index in [-0.39, 0.29) is 5.56 Å². The van der Waals surface area contributed by atoms with Crippen molar-refractivity contribution < 1.29 is 20.1 Å². The molecule has 1 saturated heterocycles. The molecule has 1 fully saturated rings. The van der Waals surface area contributed by atoms with E-state index in [1.165, 1.54) is 16.5 Å². The lowest BCUT2D eigenvalue weighted by atomic mass is 9.97. The third-order valence-electron chi connectivity index (χ3n) is 5.64. The highest BCUT2D eigenvalue weighted by molar-refractivity contribution is 6.78. The summed E-state index contributed by atoms with van der Waals surface area (Å²) in [6.45, 7) is 5.16. The summed E-state index contributed by atoms with van der Waals surface area (Å²) >= 11 is 0. The number of nitrogens with zero attached hydrogens (tertiary/aromatic N) is 2. The second-order valence-electron chi connectivity index (χ2n) is 6.60. The van der Waals surface area contributed by atoms with Crippen molar-refractivity contribution >= 4 is 8.24 Å². The van der Waals surface area contributed by atoms with E-state index < -0.39 is 44.6 Å². The predicted octanol–water partition coefficient (Wildman–Crippen LogP) is -0.522. The summed E-state index contributed by atoms with van der Waals surface area (Å²) in [7, 11) is -2.37. The van der Waals surface area contributed by atoms with Gasteiger partial charge in [0.25, 0.3) is 0 Å². The molecule has 144 valence electrons. The molecule has 1 aromatic rings. The smallest absolute Gasteiger partial charge is 0.325 e. The zero-order valence-electron chi connectivity index (χ0n) is 15.3. The molecule has 26 heavy (non-hydrogen) atoms. The Morgan fingerprint density at radius 1 is 1.27 bits per heavy atom. The van der Waals surface area contributed by atoms with Gasteiger partial charge >= 0.3 is 5.69 Å². The summed E-state index contributed by atoms with van der Waals surface area (Å²) in [6, 6.07) is 3.38. The normalized spacial score (nSPS) is 28.9. The maximum absolute atomic E-state index is 13.1. The fourth-order valence-electron chi connectivity index (χ4n) is 3.65. The van der Waals surface area contributed by atoms with Gasteiger partial charge in [0.2, 0.25) is 5.56 Å². The molecule has 9 heteroatoms. The number of rotatable bonds is 6. The van der Waals surface area contributed by atoms with Crippen LogP contribution in [0, 0.1) is 12.3 Å². The number of aliphatic hydroxyl groups is 3. The highest BCUT2D eigenvalue weighted by Crippen LogP contribution is 2.36. The molecule has 1 aliphatic heterocycles. The van der Waals surface area contributed by atoms with Gasteiger partial charge in [-0.1, -0.05) is 26.7 Å². The summed E-state index contributed by atoms with van der Waals surface area (Å²) in [5.41, 5.74) is -2.79. The van der Waals surface area contributed by atoms with E-state index in [4.69, 9.17) is 11.2 Å². The summed E-state index contributed by atoms with van der Waals surface area (Å²) in [4.78, 5) is 25.6. The SMILES string of the molecule is C#C[C@@]1(CO)O[C@H](n2ccc(=O)n([Si](CC)(CC)CC)c2=O)C(O)C1O. The molecule has 8 nitrogen and oxygen atoms in total. The average molecular weight is 382 g/mol. The molecule has 0 saturated carbocycles. The number of aliphatic hydroxyl groups excluding tert-OH is 3. The van der Waals surface area contributed by atoms with Crippen molar-refractivity contribution in [2.24, 2.45) is 0 Å². The van der Waals surface area contributed by atoms with Gasteiger partial charge in [-0.3, -0.25) is 13.6 Å². The lowest BCUT2D eigenvalue weighted by Crippen LogP contribution is -2.57. The number of hydrogen-bond acceptors (Lipinski definition) is 6. The largest absolute Gasteiger partial charge is 0.392 e. The van der Waals surface area contributed by atoms with Gasteiger partial charge in [-0.05, 0) is 18.1 Å². The first kappa shape index (κ1) is 20.6. The molecular formula is C17H26N2O6Si. The first-order chi connectivity index (χ1) is 12.3. The minimum absolute atomic E-state index is 0.387. The molecule has 4 atom stereocenters. The topological polar surface area (TPSA) is 114 Å². The van der Waals surface area contributed by atoms with Crippen molar-refractivity contribution in [1.82, 2.24) is 8.80 Å². The summed E-state index contributed by atoms with van der Waals surface area (Å²) in [6.07, 6.45) is 2.19. The van der Waals surface area contributed by atoms with Gasteiger partial charge in [0.15, 0.2) is 20.1 Å². The molecular weight excluding hydrogens is 356 g/mol. The lowest BCUT2D eigenvalue weighted by Gasteiger charge is -2.30. The van der Waals surface area contributed by atoms with E-state index in [1.54, 1.807) is 0 Å². The number of terminal acetylenes is 1. The van der Waals surface area contributed by atoms with Crippen LogP contribution in [-0.4, -0.2) is 56.8 Å². The minimum atomic E-state index is -2.37. The van der Waals surface area contributed by atoms with Crippen LogP contribution in [0.3, 0.4) is 0 Å². The molecule has 1 aromatic heterocycles. The van der Waals surface area contributed by atoms with E-state index in [9.17, 15) is 24.9 Å². The third-order valence-corrected chi connectivity index (χ3v) is 10.9. The van der Waals surface area contributed by atoms with Crippen molar-refractivity contribution in [3.63, 3.8) is 0 Å². The average Bonchev–Trinajstić information content (AvgIpc) is 2.91. The summed E-state index contributed by atoms with van der Waals surface area (Å²) in [5.74, 6) is 2.16. The fraction of sp³-hybridized carbons (Fsp3) is 0.647. The van der Waals surface area contributed by atoms with Crippen LogP contribution in [0.25, 0.3) is 0 Å². The van der Waals surface area contributed by atoms with Gasteiger partial charge in [-0.25, -0.2) is 4.79 Å². The number of hydrogen-bond donors (Lipinski definition) is 3. The van der Waals surface area contributed by atoms with E-state index in [0.29, 0.717) is 18.1 Å². The van der Waals surface area contributed by atoms with Crippen molar-refractivity contribution in [3.05, 3.63) is 33.1 Å². The van der Waals surface area contributed by atoms with Crippen LogP contribution in [0.15, 0.2) is 21.9 Å². The standard InChI is InChI=1S/C17H26N2O6Si/c1-5-17(11-20)14(23)13(22)15(25-17)18-10-9-12(21)19(16(18)24)26(6-2,7-3)8-4/h1,9-10,13-15,20,22-23H,6-8,11H2,2-4H3/t13?,14?,15-,17-/m0/s1. The van der Waals surface area contributed by atoms with Gasteiger partial charge in [-0.2, -0.15) is 0 Å². The Labute approximate surface area is 152 Å². The van der Waals surface area contributed by atoms with E-state index in [2.05, 4.69) is 5.92 Å². The third kappa shape index (κ3) is 2.88. The maximum atomic E-state index is 13.1. The van der Waals surface area contributed by atoms with Crippen LogP contribution in [0.2, 0.25) is 18.1 Å². The zero-order chi connectivity index (χ0) is 19.7. The first-order valence-corrected chi connectivity index (χ1v) is 11.3. The molecule has 0 aliphatic carbocycles. The molecule has 0 amide bonds. The van der Waals surface area contributed by atoms with Gasteiger partial charge < -0.3 is 20.1 Å². The van der Waals surface area contributed by atoms with E-state index >= 15 is 0 Å². The molecule has 0 aromatic carbocycles. The Morgan fingerprint density at radius 2 is 1.85 bits per heavy atom. The predicted molar refractivity (Wildman–Crippen MR) is 98.3 cm³/mol. The molecule has 0 spiro atoms. The minimum Gasteiger partial charge on any atom is -0.392 e. The Hall–Kier alpha value is -1.70. The fourth-order valence-corrected chi connectivity index (χ4v) is 7.16. The first-order valence-electron chi connectivity index (χ1n) is 8.74. The van der Waals surface area contributed by atoms with Gasteiger partial charge in [0.05, 0.1) is 6.61 Å². The highest BCUT2D eigenvalue weighted by atomic mass is 28.3. The molecule has 0 radical (unpaired) electrons. The van der Waals surface area contributed by atoms with E-state index in [0.717, 1.165) is 4.57 Å². The van der Waals surface area contributed by atoms with Crippen molar-refractivity contribution in [3.8, 4) is 12.3 Å². The maximum Gasteiger partial charge on any atom is 0.325 e. The number of aromatic nitrogens is 2. The monoisotopic (exact) mass is 382 g/mol. The van der Waals surface area contributed by atoms with Crippen LogP contribution < -0.4 is 11.2 Å². The van der Waals surface area contributed by atoms with Crippen LogP contribution in [-0.2, 0) is 4.74 Å². The van der Waals surface area contributed by atoms with Gasteiger partial charge in [-0.15, -0.1) is 6.42 Å². The molecule has 3 N–H and O–H groups in total. The Balaban J connectivity index is 2.65. The van der Waals surface area contributed by atoms with E-state index in [1.807, 2.05) is 20.8 Å². The Kier molecular flexibility index (Phi) is 5.94. The molecule has 2 unspecified atom stereocenters. The molecule has 0 bridgehead atoms. The van der Waals surface area contributed by atoms with Gasteiger partial charge in [0, 0.05) is 12.3 Å². The summed E-state index contributed by atoms with van der Waals surface area (Å²) in [5, 5.41) is 30.1. The van der Waals surface area contributed by atoms with Crippen molar-refractivity contribution in [2.75, 3.05) is 6.61 Å². The van der Waals surface area contributed by atoms with Crippen LogP contribution in [0.1, 0.15) is 27.0 Å². The second-order valence-corrected chi connectivity index (χ2v) is 11.6. The lowest BCUT2D eigenvalue weighted by molar-refractivity contribution is -0.0937. The van der Waals surface area contributed by atoms with Crippen molar-refractivity contribution in [1.29, 1.82) is 0 Å². The Bertz CT molecular complexity index is 800. The zero-order valence-corrected chi connectivity index (χ0v) is 16.3. The quantitative estimate of drug-likeness (QED) is 0.451. The Morgan fingerprint density at radius 3 is 2.27 bits per heavy atom. The van der Waals surface area contributed by atoms with Crippen LogP contribution in [0.4, 0.5) is 0 Å². The van der Waals surface area contributed by atoms with Gasteiger partial charge in [0.1, 0.15) is 12.2 Å². The molecule has 2 rings (SSSR count). The van der Waals surface area contributed by atoms with Crippen molar-refractivity contribution in [2.45, 2.75) is 62.9 Å². The highest BCUT2D eigenvalue weighted by Gasteiger charge is 2.54. The molecule has 1 aliphatic rings. The number of ether oxygens (including phenoxy) is 1.